The summed E-state index contributed by atoms with van der Waals surface area (Å²) < 4.78 is 25.9. The van der Waals surface area contributed by atoms with Crippen LogP contribution in [0.5, 0.6) is 11.5 Å². The first-order chi connectivity index (χ1) is 19.9. The maximum atomic E-state index is 8.94. The predicted molar refractivity (Wildman–Crippen MR) is 173 cm³/mol. The van der Waals surface area contributed by atoms with Gasteiger partial charge in [-0.05, 0) is 75.1 Å². The fourth-order valence-corrected chi connectivity index (χ4v) is 6.60. The molecule has 1 unspecified atom stereocenters. The molecule has 1 N–H and O–H groups in total. The highest BCUT2D eigenvalue weighted by atomic mass is 31.2. The topological polar surface area (TPSA) is 76.0 Å². The molecule has 0 radical (unpaired) electrons. The van der Waals surface area contributed by atoms with Crippen LogP contribution in [0.25, 0.3) is 0 Å². The molecule has 1 atom stereocenters. The van der Waals surface area contributed by atoms with E-state index in [9.17, 15) is 0 Å². The van der Waals surface area contributed by atoms with Crippen LogP contribution in [0.15, 0.2) is 78.9 Å². The number of nitriles is 1. The van der Waals surface area contributed by atoms with Gasteiger partial charge < -0.3 is 18.5 Å². The van der Waals surface area contributed by atoms with Gasteiger partial charge in [0.2, 0.25) is 0 Å². The SMILES string of the molecule is C.COc1ccc(C(NCCOP(OCCCC#N)N(C(C)C)C(C)C)(c2ccccc2)c2ccc(OC)cc2)cc1. The summed E-state index contributed by atoms with van der Waals surface area (Å²) in [5, 5.41) is 12.8. The Morgan fingerprint density at radius 1 is 0.762 bits per heavy atom. The van der Waals surface area contributed by atoms with Gasteiger partial charge in [0.05, 0.1) is 39.0 Å². The molecule has 0 heterocycles. The van der Waals surface area contributed by atoms with E-state index in [1.54, 1.807) is 14.2 Å². The van der Waals surface area contributed by atoms with Gasteiger partial charge in [0.25, 0.3) is 8.53 Å². The summed E-state index contributed by atoms with van der Waals surface area (Å²) in [7, 11) is 2.06. The molecule has 0 aliphatic rings. The molecule has 0 fully saturated rings. The highest BCUT2D eigenvalue weighted by molar-refractivity contribution is 7.44. The number of rotatable bonds is 17. The minimum atomic E-state index is -1.29. The third-order valence-corrected chi connectivity index (χ3v) is 8.94. The number of hydrogen-bond acceptors (Lipinski definition) is 7. The molecule has 7 nitrogen and oxygen atoms in total. The Balaban J connectivity index is 0.00000616. The third-order valence-electron chi connectivity index (χ3n) is 6.83. The smallest absolute Gasteiger partial charge is 0.259 e. The molecule has 0 bridgehead atoms. The van der Waals surface area contributed by atoms with Crippen LogP contribution in [0.4, 0.5) is 0 Å². The predicted octanol–water partition coefficient (Wildman–Crippen LogP) is 7.90. The van der Waals surface area contributed by atoms with Crippen molar-refractivity contribution in [1.82, 2.24) is 9.99 Å². The first kappa shape index (κ1) is 35.2. The van der Waals surface area contributed by atoms with Crippen LogP contribution in [-0.2, 0) is 14.6 Å². The van der Waals surface area contributed by atoms with E-state index >= 15 is 0 Å². The zero-order valence-electron chi connectivity index (χ0n) is 25.2. The van der Waals surface area contributed by atoms with Gasteiger partial charge in [0.1, 0.15) is 11.5 Å². The lowest BCUT2D eigenvalue weighted by molar-refractivity contribution is 0.172. The van der Waals surface area contributed by atoms with Crippen LogP contribution in [0.2, 0.25) is 0 Å². The molecular weight excluding hydrogens is 545 g/mol. The Morgan fingerprint density at radius 3 is 1.69 bits per heavy atom. The summed E-state index contributed by atoms with van der Waals surface area (Å²) >= 11 is 0. The maximum absolute atomic E-state index is 8.94. The van der Waals surface area contributed by atoms with Crippen molar-refractivity contribution in [1.29, 1.82) is 5.26 Å². The number of methoxy groups -OCH3 is 2. The van der Waals surface area contributed by atoms with E-state index in [-0.39, 0.29) is 19.5 Å². The highest BCUT2D eigenvalue weighted by Gasteiger charge is 2.36. The molecule has 3 aromatic rings. The van der Waals surface area contributed by atoms with E-state index in [4.69, 9.17) is 23.8 Å². The summed E-state index contributed by atoms with van der Waals surface area (Å²) in [5.41, 5.74) is 2.61. The summed E-state index contributed by atoms with van der Waals surface area (Å²) in [6.45, 7) is 10.1. The number of nitrogens with one attached hydrogen (secondary N) is 1. The van der Waals surface area contributed by atoms with Crippen LogP contribution in [0, 0.1) is 11.3 Å². The van der Waals surface area contributed by atoms with E-state index in [1.807, 2.05) is 30.3 Å². The van der Waals surface area contributed by atoms with Crippen LogP contribution >= 0.6 is 8.53 Å². The zero-order chi connectivity index (χ0) is 29.7. The third kappa shape index (κ3) is 9.01. The first-order valence-corrected chi connectivity index (χ1v) is 15.3. The molecule has 3 aromatic carbocycles. The van der Waals surface area contributed by atoms with Gasteiger partial charge in [0.15, 0.2) is 0 Å². The summed E-state index contributed by atoms with van der Waals surface area (Å²) in [6.07, 6.45) is 1.16. The van der Waals surface area contributed by atoms with Crippen LogP contribution in [0.1, 0.15) is 64.7 Å². The molecular formula is C34H48N3O4P. The Kier molecular flexibility index (Phi) is 15.0. The fourth-order valence-electron chi connectivity index (χ4n) is 4.98. The summed E-state index contributed by atoms with van der Waals surface area (Å²) in [5.74, 6) is 1.60. The molecule has 228 valence electrons. The molecule has 42 heavy (non-hydrogen) atoms. The van der Waals surface area contributed by atoms with Crippen molar-refractivity contribution >= 4 is 8.53 Å². The highest BCUT2D eigenvalue weighted by Crippen LogP contribution is 2.46. The van der Waals surface area contributed by atoms with Crippen molar-refractivity contribution in [3.8, 4) is 17.6 Å². The maximum Gasteiger partial charge on any atom is 0.259 e. The van der Waals surface area contributed by atoms with Crippen LogP contribution in [-0.4, -0.2) is 50.7 Å². The Labute approximate surface area is 254 Å². The number of nitrogens with zero attached hydrogens (tertiary/aromatic N) is 2. The molecule has 3 rings (SSSR count). The average Bonchev–Trinajstić information content (AvgIpc) is 2.99. The van der Waals surface area contributed by atoms with Gasteiger partial charge in [-0.25, -0.2) is 4.67 Å². The van der Waals surface area contributed by atoms with Crippen molar-refractivity contribution in [2.24, 2.45) is 0 Å². The quantitative estimate of drug-likeness (QED) is 0.0968. The second-order valence-corrected chi connectivity index (χ2v) is 11.7. The summed E-state index contributed by atoms with van der Waals surface area (Å²) in [6, 6.07) is 29.5. The Morgan fingerprint density at radius 2 is 1.24 bits per heavy atom. The normalized spacial score (nSPS) is 12.2. The second kappa shape index (κ2) is 17.9. The lowest BCUT2D eigenvalue weighted by Crippen LogP contribution is -2.46. The molecule has 0 saturated carbocycles. The van der Waals surface area contributed by atoms with Crippen LogP contribution in [0.3, 0.4) is 0 Å². The molecule has 0 spiro atoms. The van der Waals surface area contributed by atoms with Gasteiger partial charge in [0, 0.05) is 25.0 Å². The average molecular weight is 594 g/mol. The summed E-state index contributed by atoms with van der Waals surface area (Å²) in [4.78, 5) is 0. The van der Waals surface area contributed by atoms with Gasteiger partial charge in [-0.3, -0.25) is 5.32 Å². The fraction of sp³-hybridized carbons (Fsp3) is 0.441. The molecule has 0 aromatic heterocycles. The van der Waals surface area contributed by atoms with E-state index in [2.05, 4.69) is 92.3 Å². The van der Waals surface area contributed by atoms with Crippen LogP contribution < -0.4 is 14.8 Å². The van der Waals surface area contributed by atoms with E-state index in [0.717, 1.165) is 28.2 Å². The first-order valence-electron chi connectivity index (χ1n) is 14.2. The second-order valence-electron chi connectivity index (χ2n) is 10.2. The van der Waals surface area contributed by atoms with Crippen molar-refractivity contribution < 1.29 is 18.5 Å². The van der Waals surface area contributed by atoms with Crippen molar-refractivity contribution in [3.63, 3.8) is 0 Å². The van der Waals surface area contributed by atoms with E-state index < -0.39 is 14.1 Å². The minimum Gasteiger partial charge on any atom is -0.497 e. The largest absolute Gasteiger partial charge is 0.497 e. The van der Waals surface area contributed by atoms with Crippen molar-refractivity contribution in [2.75, 3.05) is 34.0 Å². The number of benzene rings is 3. The van der Waals surface area contributed by atoms with E-state index in [1.165, 1.54) is 0 Å². The lowest BCUT2D eigenvalue weighted by Gasteiger charge is -2.38. The zero-order valence-corrected chi connectivity index (χ0v) is 26.1. The molecule has 0 saturated heterocycles. The Hall–Kier alpha value is -2.98. The van der Waals surface area contributed by atoms with Crippen molar-refractivity contribution in [3.05, 3.63) is 95.6 Å². The van der Waals surface area contributed by atoms with Gasteiger partial charge >= 0.3 is 0 Å². The Bertz CT molecular complexity index is 1140. The van der Waals surface area contributed by atoms with Crippen molar-refractivity contribution in [2.45, 2.75) is 65.6 Å². The number of ether oxygens (including phenoxy) is 2. The van der Waals surface area contributed by atoms with Gasteiger partial charge in [-0.15, -0.1) is 0 Å². The molecule has 0 aliphatic carbocycles. The standard InChI is InChI=1S/C33H44N3O4P.CH4/c1-26(2)36(27(3)4)41(39-24-11-10-22-34)40-25-23-35-33(28-12-8-7-9-13-28,29-14-18-31(37-5)19-15-29)30-16-20-32(38-6)21-17-30;/h7-9,12-21,26-27,35H,10-11,23-25H2,1-6H3;1H4. The van der Waals surface area contributed by atoms with E-state index in [0.29, 0.717) is 32.6 Å². The molecule has 8 heteroatoms. The minimum absolute atomic E-state index is 0. The van der Waals surface area contributed by atoms with Gasteiger partial charge in [-0.2, -0.15) is 5.26 Å². The molecule has 0 amide bonds. The molecule has 0 aliphatic heterocycles. The lowest BCUT2D eigenvalue weighted by atomic mass is 9.77. The number of unbranched alkanes of at least 4 members (excludes halogenated alkanes) is 1. The monoisotopic (exact) mass is 593 g/mol. The van der Waals surface area contributed by atoms with Gasteiger partial charge in [-0.1, -0.05) is 62.0 Å². The number of hydrogen-bond donors (Lipinski definition) is 1.